The number of phosphoric ester groups is 1. The Balaban J connectivity index is 4.06. The van der Waals surface area contributed by atoms with Gasteiger partial charge in [-0.3, -0.25) is 18.6 Å². The highest BCUT2D eigenvalue weighted by molar-refractivity contribution is 7.47. The van der Waals surface area contributed by atoms with Gasteiger partial charge in [0.25, 0.3) is 0 Å². The lowest BCUT2D eigenvalue weighted by atomic mass is 10.0. The molecule has 0 aliphatic rings. The summed E-state index contributed by atoms with van der Waals surface area (Å²) in [6.45, 7) is 3.75. The van der Waals surface area contributed by atoms with E-state index in [0.717, 1.165) is 90.6 Å². The van der Waals surface area contributed by atoms with Crippen molar-refractivity contribution in [2.75, 3.05) is 20.3 Å². The summed E-state index contributed by atoms with van der Waals surface area (Å²) in [5.41, 5.74) is 0. The fraction of sp³-hybridized carbons (Fsp3) is 0.756. The van der Waals surface area contributed by atoms with Crippen LogP contribution in [0, 0.1) is 0 Å². The van der Waals surface area contributed by atoms with Crippen LogP contribution in [0.25, 0.3) is 0 Å². The number of ether oxygens (including phenoxy) is 2. The average molecular weight is 725 g/mol. The molecule has 1 N–H and O–H groups in total. The Morgan fingerprint density at radius 1 is 0.580 bits per heavy atom. The molecule has 0 heterocycles. The van der Waals surface area contributed by atoms with Crippen LogP contribution in [0.15, 0.2) is 48.6 Å². The van der Waals surface area contributed by atoms with E-state index in [1.54, 1.807) is 0 Å². The normalized spacial score (nSPS) is 13.9. The SMILES string of the molecule is CC/C=C\C/C=C\C/C=C\C/C=C\CCCCCCCCC(=O)OC(COC(=O)CCCCCCCCCCCCCC)COP(=O)(O)OC. The van der Waals surface area contributed by atoms with Gasteiger partial charge in [-0.05, 0) is 51.4 Å². The number of hydrogen-bond donors (Lipinski definition) is 1. The third kappa shape index (κ3) is 35.8. The minimum atomic E-state index is -4.26. The van der Waals surface area contributed by atoms with E-state index >= 15 is 0 Å². The van der Waals surface area contributed by atoms with E-state index in [-0.39, 0.29) is 19.0 Å². The highest BCUT2D eigenvalue weighted by atomic mass is 31.2. The molecule has 0 saturated heterocycles. The van der Waals surface area contributed by atoms with Crippen molar-refractivity contribution in [3.8, 4) is 0 Å². The van der Waals surface area contributed by atoms with Crippen LogP contribution in [0.2, 0.25) is 0 Å². The van der Waals surface area contributed by atoms with Gasteiger partial charge in [-0.1, -0.05) is 159 Å². The summed E-state index contributed by atoms with van der Waals surface area (Å²) in [5, 5.41) is 0. The van der Waals surface area contributed by atoms with Crippen molar-refractivity contribution < 1.29 is 37.6 Å². The number of esters is 2. The van der Waals surface area contributed by atoms with Crippen LogP contribution in [0.4, 0.5) is 0 Å². The maximum atomic E-state index is 12.5. The first kappa shape index (κ1) is 48.0. The summed E-state index contributed by atoms with van der Waals surface area (Å²) in [5.74, 6) is -0.820. The number of allylic oxidation sites excluding steroid dienone is 8. The van der Waals surface area contributed by atoms with Crippen LogP contribution in [-0.4, -0.2) is 43.3 Å². The minimum absolute atomic E-state index is 0.228. The average Bonchev–Trinajstić information content (AvgIpc) is 3.10. The van der Waals surface area contributed by atoms with Crippen molar-refractivity contribution in [2.24, 2.45) is 0 Å². The van der Waals surface area contributed by atoms with Crippen molar-refractivity contribution in [3.05, 3.63) is 48.6 Å². The Labute approximate surface area is 306 Å². The summed E-state index contributed by atoms with van der Waals surface area (Å²) < 4.78 is 31.9. The van der Waals surface area contributed by atoms with E-state index in [1.807, 2.05) is 0 Å². The number of rotatable bonds is 36. The topological polar surface area (TPSA) is 108 Å². The van der Waals surface area contributed by atoms with Gasteiger partial charge in [-0.25, -0.2) is 4.57 Å². The molecule has 2 atom stereocenters. The lowest BCUT2D eigenvalue weighted by Gasteiger charge is -2.19. The lowest BCUT2D eigenvalue weighted by molar-refractivity contribution is -0.161. The number of carbonyl (C=O) groups is 2. The molecule has 290 valence electrons. The molecule has 0 saturated carbocycles. The Morgan fingerprint density at radius 2 is 1.02 bits per heavy atom. The molecular weight excluding hydrogens is 651 g/mol. The standard InChI is InChI=1S/C41H73O8P/c1-4-6-8-10-12-14-16-18-19-20-21-22-23-24-26-28-30-32-34-36-41(43)49-39(38-48-50(44,45)46-3)37-47-40(42)35-33-31-29-27-25-17-15-13-11-9-7-5-2/h6,8,12,14,18-19,21-22,39H,4-5,7,9-11,13,15-17,20,23-38H2,1-3H3,(H,44,45)/b8-6-,14-12-,19-18-,22-21-. The Bertz CT molecular complexity index is 958. The molecule has 8 nitrogen and oxygen atoms in total. The highest BCUT2D eigenvalue weighted by Gasteiger charge is 2.24. The highest BCUT2D eigenvalue weighted by Crippen LogP contribution is 2.42. The van der Waals surface area contributed by atoms with Gasteiger partial charge < -0.3 is 14.4 Å². The second kappa shape index (κ2) is 36.8. The Hall–Kier alpha value is -1.99. The minimum Gasteiger partial charge on any atom is -0.462 e. The molecule has 0 spiro atoms. The molecule has 0 amide bonds. The molecule has 0 aromatic rings. The first-order chi connectivity index (χ1) is 24.3. The first-order valence-corrected chi connectivity index (χ1v) is 21.3. The monoisotopic (exact) mass is 725 g/mol. The number of carbonyl (C=O) groups excluding carboxylic acids is 2. The molecular formula is C41H73O8P. The van der Waals surface area contributed by atoms with Gasteiger partial charge in [0, 0.05) is 20.0 Å². The number of phosphoric acid groups is 1. The predicted molar refractivity (Wildman–Crippen MR) is 207 cm³/mol. The molecule has 0 bridgehead atoms. The van der Waals surface area contributed by atoms with E-state index in [4.69, 9.17) is 14.0 Å². The zero-order valence-electron chi connectivity index (χ0n) is 32.0. The van der Waals surface area contributed by atoms with E-state index in [2.05, 4.69) is 67.0 Å². The Kier molecular flexibility index (Phi) is 35.3. The van der Waals surface area contributed by atoms with Crippen LogP contribution in [0.1, 0.15) is 174 Å². The fourth-order valence-corrected chi connectivity index (χ4v) is 5.76. The van der Waals surface area contributed by atoms with Crippen molar-refractivity contribution >= 4 is 19.8 Å². The molecule has 0 aliphatic carbocycles. The predicted octanol–water partition coefficient (Wildman–Crippen LogP) is 12.2. The quantitative estimate of drug-likeness (QED) is 0.0294. The van der Waals surface area contributed by atoms with E-state index in [0.29, 0.717) is 12.8 Å². The first-order valence-electron chi connectivity index (χ1n) is 19.8. The number of hydrogen-bond acceptors (Lipinski definition) is 7. The van der Waals surface area contributed by atoms with Crippen LogP contribution in [0.3, 0.4) is 0 Å². The summed E-state index contributed by atoms with van der Waals surface area (Å²) in [7, 11) is -3.20. The van der Waals surface area contributed by atoms with Gasteiger partial charge in [0.2, 0.25) is 0 Å². The second-order valence-electron chi connectivity index (χ2n) is 13.0. The maximum absolute atomic E-state index is 12.5. The van der Waals surface area contributed by atoms with Crippen molar-refractivity contribution in [2.45, 2.75) is 180 Å². The van der Waals surface area contributed by atoms with Crippen molar-refractivity contribution in [3.63, 3.8) is 0 Å². The maximum Gasteiger partial charge on any atom is 0.472 e. The molecule has 0 aliphatic heterocycles. The van der Waals surface area contributed by atoms with E-state index < -0.39 is 26.5 Å². The molecule has 2 unspecified atom stereocenters. The molecule has 0 fully saturated rings. The lowest BCUT2D eigenvalue weighted by Crippen LogP contribution is -2.29. The van der Waals surface area contributed by atoms with Gasteiger partial charge in [0.05, 0.1) is 6.61 Å². The fourth-order valence-electron chi connectivity index (χ4n) is 5.30. The summed E-state index contributed by atoms with van der Waals surface area (Å²) in [6.07, 6.45) is 43.0. The van der Waals surface area contributed by atoms with E-state index in [1.165, 1.54) is 57.8 Å². The van der Waals surface area contributed by atoms with Crippen LogP contribution in [-0.2, 0) is 32.7 Å². The molecule has 0 rings (SSSR count). The summed E-state index contributed by atoms with van der Waals surface area (Å²) >= 11 is 0. The van der Waals surface area contributed by atoms with Crippen LogP contribution < -0.4 is 0 Å². The molecule has 0 radical (unpaired) electrons. The smallest absolute Gasteiger partial charge is 0.462 e. The zero-order valence-corrected chi connectivity index (χ0v) is 32.9. The van der Waals surface area contributed by atoms with Gasteiger partial charge in [-0.2, -0.15) is 0 Å². The van der Waals surface area contributed by atoms with Gasteiger partial charge in [0.1, 0.15) is 6.61 Å². The third-order valence-corrected chi connectivity index (χ3v) is 9.27. The molecule has 0 aromatic carbocycles. The molecule has 50 heavy (non-hydrogen) atoms. The van der Waals surface area contributed by atoms with Crippen molar-refractivity contribution in [1.82, 2.24) is 0 Å². The zero-order chi connectivity index (χ0) is 36.8. The van der Waals surface area contributed by atoms with Gasteiger partial charge >= 0.3 is 19.8 Å². The van der Waals surface area contributed by atoms with Crippen molar-refractivity contribution in [1.29, 1.82) is 0 Å². The van der Waals surface area contributed by atoms with Crippen LogP contribution >= 0.6 is 7.82 Å². The third-order valence-electron chi connectivity index (χ3n) is 8.34. The Morgan fingerprint density at radius 3 is 1.52 bits per heavy atom. The summed E-state index contributed by atoms with van der Waals surface area (Å²) in [4.78, 5) is 34.4. The van der Waals surface area contributed by atoms with Gasteiger partial charge in [-0.15, -0.1) is 0 Å². The molecule has 0 aromatic heterocycles. The molecule has 9 heteroatoms. The largest absolute Gasteiger partial charge is 0.472 e. The number of unbranched alkanes of at least 4 members (excludes halogenated alkanes) is 17. The second-order valence-corrected chi connectivity index (χ2v) is 14.6. The van der Waals surface area contributed by atoms with E-state index in [9.17, 15) is 19.0 Å². The summed E-state index contributed by atoms with van der Waals surface area (Å²) in [6, 6.07) is 0. The van der Waals surface area contributed by atoms with Gasteiger partial charge in [0.15, 0.2) is 6.10 Å². The van der Waals surface area contributed by atoms with Crippen LogP contribution in [0.5, 0.6) is 0 Å².